The van der Waals surface area contributed by atoms with Gasteiger partial charge in [0.1, 0.15) is 11.3 Å². The van der Waals surface area contributed by atoms with Crippen LogP contribution in [0.4, 0.5) is 0 Å². The van der Waals surface area contributed by atoms with E-state index in [4.69, 9.17) is 9.15 Å². The van der Waals surface area contributed by atoms with Gasteiger partial charge in [-0.05, 0) is 36.2 Å². The van der Waals surface area contributed by atoms with Crippen molar-refractivity contribution in [3.05, 3.63) is 75.6 Å². The second-order valence-corrected chi connectivity index (χ2v) is 6.35. The monoisotopic (exact) mass is 349 g/mol. The Balaban J connectivity index is 1.71. The van der Waals surface area contributed by atoms with E-state index in [0.717, 1.165) is 24.2 Å². The van der Waals surface area contributed by atoms with Gasteiger partial charge in [-0.1, -0.05) is 37.6 Å². The molecular formula is C21H19NO4. The second-order valence-electron chi connectivity index (χ2n) is 6.35. The van der Waals surface area contributed by atoms with Crippen LogP contribution in [0, 0.1) is 0 Å². The average molecular weight is 349 g/mol. The van der Waals surface area contributed by atoms with Crippen LogP contribution in [-0.2, 0) is 0 Å². The largest absolute Gasteiger partial charge is 0.494 e. The van der Waals surface area contributed by atoms with Crippen LogP contribution in [0.5, 0.6) is 5.75 Å². The van der Waals surface area contributed by atoms with E-state index in [2.05, 4.69) is 12.2 Å². The number of carbonyl (C=O) groups excluding carboxylic acids is 1. The van der Waals surface area contributed by atoms with Crippen LogP contribution in [-0.4, -0.2) is 12.5 Å². The number of hydrogen-bond acceptors (Lipinski definition) is 4. The number of unbranched alkanes of at least 4 members (excludes halogenated alkanes) is 1. The molecule has 0 aliphatic carbocycles. The molecule has 0 saturated heterocycles. The molecule has 4 rings (SSSR count). The van der Waals surface area contributed by atoms with Gasteiger partial charge in [0.25, 0.3) is 5.91 Å². The number of para-hydroxylation sites is 1. The standard InChI is InChI=1S/C21H19NO4/c1-2-3-12-25-14-10-8-13(9-11-14)18-17-19(23)15-6-4-5-7-16(15)26-20(17)21(24)22-18/h4-11,18H,2-3,12H2,1H3,(H,22,24). The SMILES string of the molecule is CCCCOc1ccc(C2NC(=O)c3oc4ccccc4c(=O)c32)cc1. The van der Waals surface area contributed by atoms with Crippen molar-refractivity contribution in [1.29, 1.82) is 0 Å². The minimum absolute atomic E-state index is 0.0990. The molecule has 1 N–H and O–H groups in total. The lowest BCUT2D eigenvalue weighted by atomic mass is 9.99. The van der Waals surface area contributed by atoms with E-state index in [9.17, 15) is 9.59 Å². The summed E-state index contributed by atoms with van der Waals surface area (Å²) >= 11 is 0. The first-order chi connectivity index (χ1) is 12.7. The van der Waals surface area contributed by atoms with E-state index in [1.54, 1.807) is 24.3 Å². The summed E-state index contributed by atoms with van der Waals surface area (Å²) < 4.78 is 11.4. The molecule has 2 heterocycles. The molecule has 1 aliphatic heterocycles. The predicted molar refractivity (Wildman–Crippen MR) is 98.6 cm³/mol. The zero-order valence-electron chi connectivity index (χ0n) is 14.5. The van der Waals surface area contributed by atoms with Crippen LogP contribution >= 0.6 is 0 Å². The van der Waals surface area contributed by atoms with E-state index in [-0.39, 0.29) is 17.1 Å². The molecule has 5 nitrogen and oxygen atoms in total. The zero-order valence-corrected chi connectivity index (χ0v) is 14.5. The van der Waals surface area contributed by atoms with Crippen molar-refractivity contribution in [2.45, 2.75) is 25.8 Å². The smallest absolute Gasteiger partial charge is 0.288 e. The van der Waals surface area contributed by atoms with E-state index in [1.165, 1.54) is 0 Å². The third-order valence-corrected chi connectivity index (χ3v) is 4.58. The molecule has 132 valence electrons. The van der Waals surface area contributed by atoms with Crippen molar-refractivity contribution < 1.29 is 13.9 Å². The first kappa shape index (κ1) is 16.4. The number of nitrogens with one attached hydrogen (secondary N) is 1. The van der Waals surface area contributed by atoms with E-state index >= 15 is 0 Å². The summed E-state index contributed by atoms with van der Waals surface area (Å²) in [4.78, 5) is 25.2. The minimum Gasteiger partial charge on any atom is -0.494 e. The number of carbonyl (C=O) groups is 1. The number of hydrogen-bond donors (Lipinski definition) is 1. The number of amides is 1. The lowest BCUT2D eigenvalue weighted by Gasteiger charge is -2.12. The van der Waals surface area contributed by atoms with Crippen LogP contribution in [0.15, 0.2) is 57.7 Å². The third kappa shape index (κ3) is 2.75. The van der Waals surface area contributed by atoms with Crippen molar-refractivity contribution in [2.24, 2.45) is 0 Å². The number of fused-ring (bicyclic) bond motifs is 2. The maximum atomic E-state index is 12.9. The molecule has 0 bridgehead atoms. The topological polar surface area (TPSA) is 68.5 Å². The quantitative estimate of drug-likeness (QED) is 0.711. The number of ether oxygens (including phenoxy) is 1. The molecule has 1 aromatic heterocycles. The molecule has 0 radical (unpaired) electrons. The van der Waals surface area contributed by atoms with Crippen molar-refractivity contribution in [1.82, 2.24) is 5.32 Å². The van der Waals surface area contributed by atoms with Crippen LogP contribution < -0.4 is 15.5 Å². The third-order valence-electron chi connectivity index (χ3n) is 4.58. The Bertz CT molecular complexity index is 1020. The second kappa shape index (κ2) is 6.67. The molecule has 1 aliphatic rings. The molecule has 0 spiro atoms. The first-order valence-electron chi connectivity index (χ1n) is 8.78. The molecule has 5 heteroatoms. The summed E-state index contributed by atoms with van der Waals surface area (Å²) in [6, 6.07) is 13.9. The highest BCUT2D eigenvalue weighted by Gasteiger charge is 2.35. The lowest BCUT2D eigenvalue weighted by Crippen LogP contribution is -2.21. The molecule has 2 aromatic carbocycles. The van der Waals surface area contributed by atoms with Gasteiger partial charge < -0.3 is 14.5 Å². The zero-order chi connectivity index (χ0) is 18.1. The summed E-state index contributed by atoms with van der Waals surface area (Å²) in [5.41, 5.74) is 1.44. The van der Waals surface area contributed by atoms with Crippen LogP contribution in [0.1, 0.15) is 47.5 Å². The molecule has 1 amide bonds. The van der Waals surface area contributed by atoms with Crippen LogP contribution in [0.25, 0.3) is 11.0 Å². The summed E-state index contributed by atoms with van der Waals surface area (Å²) in [7, 11) is 0. The molecule has 1 atom stereocenters. The molecule has 26 heavy (non-hydrogen) atoms. The van der Waals surface area contributed by atoms with Gasteiger partial charge in [0.2, 0.25) is 5.76 Å². The maximum absolute atomic E-state index is 12.9. The Labute approximate surface area is 150 Å². The highest BCUT2D eigenvalue weighted by atomic mass is 16.5. The van der Waals surface area contributed by atoms with E-state index in [0.29, 0.717) is 23.1 Å². The Morgan fingerprint density at radius 3 is 2.62 bits per heavy atom. The van der Waals surface area contributed by atoms with E-state index in [1.807, 2.05) is 24.3 Å². The van der Waals surface area contributed by atoms with Gasteiger partial charge in [0, 0.05) is 0 Å². The van der Waals surface area contributed by atoms with Gasteiger partial charge >= 0.3 is 0 Å². The predicted octanol–water partition coefficient (Wildman–Crippen LogP) is 3.80. The Morgan fingerprint density at radius 1 is 1.08 bits per heavy atom. The highest BCUT2D eigenvalue weighted by molar-refractivity contribution is 5.98. The van der Waals surface area contributed by atoms with Gasteiger partial charge in [0.05, 0.1) is 23.6 Å². The maximum Gasteiger partial charge on any atom is 0.288 e. The summed E-state index contributed by atoms with van der Waals surface area (Å²) in [5, 5.41) is 3.33. The van der Waals surface area contributed by atoms with Crippen molar-refractivity contribution >= 4 is 16.9 Å². The van der Waals surface area contributed by atoms with Gasteiger partial charge in [-0.15, -0.1) is 0 Å². The number of rotatable bonds is 5. The summed E-state index contributed by atoms with van der Waals surface area (Å²) in [6.45, 7) is 2.79. The van der Waals surface area contributed by atoms with Crippen molar-refractivity contribution in [3.63, 3.8) is 0 Å². The highest BCUT2D eigenvalue weighted by Crippen LogP contribution is 2.31. The Morgan fingerprint density at radius 2 is 1.85 bits per heavy atom. The number of benzene rings is 2. The lowest BCUT2D eigenvalue weighted by molar-refractivity contribution is 0.0938. The first-order valence-corrected chi connectivity index (χ1v) is 8.78. The Kier molecular flexibility index (Phi) is 4.21. The van der Waals surface area contributed by atoms with Crippen LogP contribution in [0.2, 0.25) is 0 Å². The molecule has 0 saturated carbocycles. The van der Waals surface area contributed by atoms with Crippen molar-refractivity contribution in [3.8, 4) is 5.75 Å². The fraction of sp³-hybridized carbons (Fsp3) is 0.238. The van der Waals surface area contributed by atoms with Crippen LogP contribution in [0.3, 0.4) is 0 Å². The molecule has 0 fully saturated rings. The molecule has 3 aromatic rings. The van der Waals surface area contributed by atoms with Gasteiger partial charge in [-0.25, -0.2) is 0 Å². The van der Waals surface area contributed by atoms with Crippen molar-refractivity contribution in [2.75, 3.05) is 6.61 Å². The Hall–Kier alpha value is -3.08. The molecule has 1 unspecified atom stereocenters. The summed E-state index contributed by atoms with van der Waals surface area (Å²) in [6.07, 6.45) is 2.08. The van der Waals surface area contributed by atoms with E-state index < -0.39 is 6.04 Å². The minimum atomic E-state index is -0.511. The van der Waals surface area contributed by atoms with Gasteiger partial charge in [0.15, 0.2) is 5.43 Å². The average Bonchev–Trinajstić information content (AvgIpc) is 3.00. The van der Waals surface area contributed by atoms with Gasteiger partial charge in [-0.3, -0.25) is 9.59 Å². The fourth-order valence-electron chi connectivity index (χ4n) is 3.20. The fourth-order valence-corrected chi connectivity index (χ4v) is 3.20. The summed E-state index contributed by atoms with van der Waals surface area (Å²) in [5.74, 6) is 0.510. The van der Waals surface area contributed by atoms with Gasteiger partial charge in [-0.2, -0.15) is 0 Å². The molecular weight excluding hydrogens is 330 g/mol. The normalized spacial score (nSPS) is 15.7.